The van der Waals surface area contributed by atoms with Crippen molar-refractivity contribution in [1.29, 1.82) is 0 Å². The van der Waals surface area contributed by atoms with Gasteiger partial charge in [-0.3, -0.25) is 14.9 Å². The van der Waals surface area contributed by atoms with E-state index in [4.69, 9.17) is 18.9 Å². The molecule has 0 radical (unpaired) electrons. The predicted octanol–water partition coefficient (Wildman–Crippen LogP) is 3.30. The number of hydrogen-bond donors (Lipinski definition) is 1. The molecule has 0 atom stereocenters. The summed E-state index contributed by atoms with van der Waals surface area (Å²) < 4.78 is 20.0. The van der Waals surface area contributed by atoms with Gasteiger partial charge in [-0.2, -0.15) is 0 Å². The smallest absolute Gasteiger partial charge is 0.411 e. The molecule has 1 amide bonds. The van der Waals surface area contributed by atoms with Crippen molar-refractivity contribution in [3.63, 3.8) is 0 Å². The fraction of sp³-hybridized carbons (Fsp3) is 0.348. The first kappa shape index (κ1) is 23.7. The Labute approximate surface area is 181 Å². The number of anilines is 1. The van der Waals surface area contributed by atoms with Crippen molar-refractivity contribution in [2.45, 2.75) is 19.8 Å². The van der Waals surface area contributed by atoms with Gasteiger partial charge in [-0.15, -0.1) is 0 Å². The average molecular weight is 429 g/mol. The number of nitrogens with one attached hydrogen (secondary N) is 1. The highest BCUT2D eigenvalue weighted by molar-refractivity contribution is 5.95. The second-order valence-corrected chi connectivity index (χ2v) is 6.83. The second-order valence-electron chi connectivity index (χ2n) is 6.83. The van der Waals surface area contributed by atoms with Crippen LogP contribution in [0.2, 0.25) is 0 Å². The molecule has 2 aromatic carbocycles. The Bertz CT molecular complexity index is 893. The minimum Gasteiger partial charge on any atom is -0.496 e. The Morgan fingerprint density at radius 3 is 2.16 bits per heavy atom. The largest absolute Gasteiger partial charge is 0.496 e. The summed E-state index contributed by atoms with van der Waals surface area (Å²) in [5.41, 5.74) is 3.23. The van der Waals surface area contributed by atoms with Gasteiger partial charge in [0.25, 0.3) is 0 Å². The molecule has 166 valence electrons. The van der Waals surface area contributed by atoms with Crippen LogP contribution < -0.4 is 10.1 Å². The van der Waals surface area contributed by atoms with Crippen LogP contribution in [-0.2, 0) is 36.6 Å². The zero-order valence-electron chi connectivity index (χ0n) is 18.1. The number of ether oxygens (including phenoxy) is 4. The van der Waals surface area contributed by atoms with Gasteiger partial charge in [0.2, 0.25) is 0 Å². The first-order valence-electron chi connectivity index (χ1n) is 9.69. The number of aryl methyl sites for hydroxylation is 1. The Hall–Kier alpha value is -3.55. The fourth-order valence-corrected chi connectivity index (χ4v) is 2.98. The molecule has 0 aliphatic carbocycles. The Morgan fingerprint density at radius 2 is 1.58 bits per heavy atom. The van der Waals surface area contributed by atoms with Crippen molar-refractivity contribution in [2.75, 3.05) is 33.3 Å². The third-order valence-electron chi connectivity index (χ3n) is 4.66. The van der Waals surface area contributed by atoms with Crippen molar-refractivity contribution in [1.82, 2.24) is 0 Å². The highest BCUT2D eigenvalue weighted by Gasteiger charge is 2.29. The number of benzene rings is 2. The minimum absolute atomic E-state index is 0.116. The van der Waals surface area contributed by atoms with Gasteiger partial charge in [0.15, 0.2) is 5.92 Å². The van der Waals surface area contributed by atoms with Gasteiger partial charge in [-0.25, -0.2) is 4.79 Å². The molecule has 0 unspecified atom stereocenters. The lowest BCUT2D eigenvalue weighted by atomic mass is 9.97. The van der Waals surface area contributed by atoms with E-state index in [9.17, 15) is 14.4 Å². The maximum atomic E-state index is 12.0. The standard InChI is InChI=1S/C23H27NO7/c1-15-5-8-18(9-6-15)24-23(27)31-12-11-17-13-16(7-10-20(17)28-2)14-19(21(25)29-3)22(26)30-4/h5-10,13,19H,11-12,14H2,1-4H3,(H,24,27). The number of carbonyl (C=O) groups is 3. The lowest BCUT2D eigenvalue weighted by Gasteiger charge is -2.15. The average Bonchev–Trinajstić information content (AvgIpc) is 2.78. The van der Waals surface area contributed by atoms with E-state index in [0.717, 1.165) is 16.7 Å². The highest BCUT2D eigenvalue weighted by Crippen LogP contribution is 2.23. The molecule has 0 aliphatic rings. The van der Waals surface area contributed by atoms with Crippen LogP contribution in [0.15, 0.2) is 42.5 Å². The van der Waals surface area contributed by atoms with Crippen LogP contribution in [0.4, 0.5) is 10.5 Å². The molecule has 0 saturated heterocycles. The molecule has 0 bridgehead atoms. The van der Waals surface area contributed by atoms with Crippen LogP contribution in [-0.4, -0.2) is 46.0 Å². The van der Waals surface area contributed by atoms with E-state index in [1.807, 2.05) is 19.1 Å². The molecule has 2 aromatic rings. The molecular weight excluding hydrogens is 402 g/mol. The molecule has 0 saturated carbocycles. The van der Waals surface area contributed by atoms with Crippen molar-refractivity contribution < 1.29 is 33.3 Å². The first-order chi connectivity index (χ1) is 14.9. The zero-order valence-corrected chi connectivity index (χ0v) is 18.1. The molecule has 0 spiro atoms. The van der Waals surface area contributed by atoms with E-state index in [1.54, 1.807) is 30.3 Å². The molecule has 8 nitrogen and oxygen atoms in total. The summed E-state index contributed by atoms with van der Waals surface area (Å²) in [6.07, 6.45) is -0.0553. The van der Waals surface area contributed by atoms with E-state index in [1.165, 1.54) is 21.3 Å². The van der Waals surface area contributed by atoms with Crippen LogP contribution in [0, 0.1) is 12.8 Å². The normalized spacial score (nSPS) is 10.4. The quantitative estimate of drug-likeness (QED) is 0.371. The summed E-state index contributed by atoms with van der Waals surface area (Å²) in [4.78, 5) is 35.9. The summed E-state index contributed by atoms with van der Waals surface area (Å²) in [6, 6.07) is 12.7. The number of hydrogen-bond acceptors (Lipinski definition) is 7. The SMILES string of the molecule is COC(=O)C(Cc1ccc(OC)c(CCOC(=O)Nc2ccc(C)cc2)c1)C(=O)OC. The highest BCUT2D eigenvalue weighted by atomic mass is 16.6. The van der Waals surface area contributed by atoms with E-state index < -0.39 is 23.9 Å². The molecule has 0 heterocycles. The Kier molecular flexibility index (Phi) is 8.87. The lowest BCUT2D eigenvalue weighted by Crippen LogP contribution is -2.28. The zero-order chi connectivity index (χ0) is 22.8. The number of rotatable bonds is 9. The third-order valence-corrected chi connectivity index (χ3v) is 4.66. The number of esters is 2. The van der Waals surface area contributed by atoms with Gasteiger partial charge in [0.05, 0.1) is 27.9 Å². The second kappa shape index (κ2) is 11.6. The van der Waals surface area contributed by atoms with E-state index in [-0.39, 0.29) is 13.0 Å². The summed E-state index contributed by atoms with van der Waals surface area (Å²) in [7, 11) is 3.97. The molecule has 0 aromatic heterocycles. The van der Waals surface area contributed by atoms with Crippen molar-refractivity contribution >= 4 is 23.7 Å². The number of methoxy groups -OCH3 is 3. The fourth-order valence-electron chi connectivity index (χ4n) is 2.98. The van der Waals surface area contributed by atoms with Gasteiger partial charge < -0.3 is 18.9 Å². The maximum absolute atomic E-state index is 12.0. The van der Waals surface area contributed by atoms with Gasteiger partial charge >= 0.3 is 18.0 Å². The summed E-state index contributed by atoms with van der Waals surface area (Å²) in [6.45, 7) is 2.08. The summed E-state index contributed by atoms with van der Waals surface area (Å²) in [5.74, 6) is -1.78. The van der Waals surface area contributed by atoms with Crippen molar-refractivity contribution in [2.24, 2.45) is 5.92 Å². The minimum atomic E-state index is -1.06. The van der Waals surface area contributed by atoms with Gasteiger partial charge in [-0.05, 0) is 42.7 Å². The number of amides is 1. The van der Waals surface area contributed by atoms with Gasteiger partial charge in [0, 0.05) is 12.1 Å². The van der Waals surface area contributed by atoms with E-state index >= 15 is 0 Å². The maximum Gasteiger partial charge on any atom is 0.411 e. The first-order valence-corrected chi connectivity index (χ1v) is 9.69. The van der Waals surface area contributed by atoms with Crippen LogP contribution in [0.3, 0.4) is 0 Å². The monoisotopic (exact) mass is 429 g/mol. The Morgan fingerprint density at radius 1 is 0.935 bits per heavy atom. The predicted molar refractivity (Wildman–Crippen MR) is 114 cm³/mol. The lowest BCUT2D eigenvalue weighted by molar-refractivity contribution is -0.158. The van der Waals surface area contributed by atoms with Crippen molar-refractivity contribution in [3.8, 4) is 5.75 Å². The molecule has 8 heteroatoms. The molecule has 31 heavy (non-hydrogen) atoms. The summed E-state index contributed by atoms with van der Waals surface area (Å²) >= 11 is 0. The Balaban J connectivity index is 2.01. The van der Waals surface area contributed by atoms with Crippen LogP contribution in [0.25, 0.3) is 0 Å². The van der Waals surface area contributed by atoms with Gasteiger partial charge in [0.1, 0.15) is 5.75 Å². The van der Waals surface area contributed by atoms with E-state index in [0.29, 0.717) is 17.9 Å². The van der Waals surface area contributed by atoms with Crippen LogP contribution >= 0.6 is 0 Å². The van der Waals surface area contributed by atoms with E-state index in [2.05, 4.69) is 5.32 Å². The molecule has 0 aliphatic heterocycles. The number of carbonyl (C=O) groups excluding carboxylic acids is 3. The topological polar surface area (TPSA) is 100 Å². The van der Waals surface area contributed by atoms with Crippen LogP contribution in [0.5, 0.6) is 5.75 Å². The molecule has 2 rings (SSSR count). The molecular formula is C23H27NO7. The van der Waals surface area contributed by atoms with Crippen molar-refractivity contribution in [3.05, 3.63) is 59.2 Å². The molecule has 1 N–H and O–H groups in total. The van der Waals surface area contributed by atoms with Gasteiger partial charge in [-0.1, -0.05) is 29.8 Å². The third kappa shape index (κ3) is 7.02. The molecule has 0 fully saturated rings. The summed E-state index contributed by atoms with van der Waals surface area (Å²) in [5, 5.41) is 2.66. The van der Waals surface area contributed by atoms with Crippen LogP contribution in [0.1, 0.15) is 16.7 Å².